The Morgan fingerprint density at radius 2 is 2.06 bits per heavy atom. The Morgan fingerprint density at radius 1 is 1.28 bits per heavy atom. The highest BCUT2D eigenvalue weighted by Crippen LogP contribution is 2.35. The van der Waals surface area contributed by atoms with Crippen molar-refractivity contribution in [1.29, 1.82) is 0 Å². The molecule has 0 aliphatic carbocycles. The number of alkyl halides is 2. The molecule has 1 fully saturated rings. The van der Waals surface area contributed by atoms with E-state index in [2.05, 4.69) is 10.4 Å². The van der Waals surface area contributed by atoms with Gasteiger partial charge in [-0.15, -0.1) is 0 Å². The summed E-state index contributed by atoms with van der Waals surface area (Å²) in [5, 5.41) is 17.0. The number of halogens is 2. The summed E-state index contributed by atoms with van der Waals surface area (Å²) >= 11 is 0. The molecule has 1 unspecified atom stereocenters. The summed E-state index contributed by atoms with van der Waals surface area (Å²) in [7, 11) is 1.55. The van der Waals surface area contributed by atoms with Gasteiger partial charge in [-0.3, -0.25) is 9.59 Å². The van der Waals surface area contributed by atoms with Gasteiger partial charge >= 0.3 is 0 Å². The molecule has 4 heterocycles. The highest BCUT2D eigenvalue weighted by molar-refractivity contribution is 6.07. The first kappa shape index (κ1) is 23.7. The normalized spacial score (nSPS) is 17.5. The van der Waals surface area contributed by atoms with Gasteiger partial charge in [0.1, 0.15) is 28.7 Å². The van der Waals surface area contributed by atoms with Crippen molar-refractivity contribution in [1.82, 2.24) is 19.8 Å². The minimum Gasteiger partial charge on any atom is -0.460 e. The summed E-state index contributed by atoms with van der Waals surface area (Å²) in [6, 6.07) is 6.73. The molecule has 36 heavy (non-hydrogen) atoms. The molecular formula is C25H24F2N4O5. The Kier molecular flexibility index (Phi) is 5.67. The lowest BCUT2D eigenvalue weighted by molar-refractivity contribution is -0.142. The Balaban J connectivity index is 1.48. The van der Waals surface area contributed by atoms with Crippen LogP contribution in [0.2, 0.25) is 0 Å². The largest absolute Gasteiger partial charge is 0.460 e. The fourth-order valence-electron chi connectivity index (χ4n) is 4.59. The summed E-state index contributed by atoms with van der Waals surface area (Å²) in [6.07, 6.45) is 1.02. The smallest absolute Gasteiger partial charge is 0.290 e. The fraction of sp³-hybridized carbons (Fsp3) is 0.320. The highest BCUT2D eigenvalue weighted by Gasteiger charge is 2.45. The Labute approximate surface area is 204 Å². The second kappa shape index (κ2) is 8.59. The van der Waals surface area contributed by atoms with Crippen molar-refractivity contribution < 1.29 is 32.6 Å². The molecule has 1 aliphatic rings. The number of likely N-dealkylation sites (tertiary alicyclic amines) is 1. The number of fused-ring (bicyclic) bond motifs is 2. The number of rotatable bonds is 4. The number of aliphatic hydroxyl groups is 1. The maximum Gasteiger partial charge on any atom is 0.290 e. The van der Waals surface area contributed by atoms with Crippen LogP contribution in [0.3, 0.4) is 0 Å². The van der Waals surface area contributed by atoms with E-state index < -0.39 is 24.5 Å². The van der Waals surface area contributed by atoms with Gasteiger partial charge in [0.15, 0.2) is 5.75 Å². The molecule has 11 heteroatoms. The van der Waals surface area contributed by atoms with E-state index in [0.29, 0.717) is 44.9 Å². The van der Waals surface area contributed by atoms with Crippen LogP contribution in [0, 0.1) is 13.8 Å². The number of ether oxygens (including phenoxy) is 1. The third kappa shape index (κ3) is 3.85. The third-order valence-corrected chi connectivity index (χ3v) is 6.49. The number of piperidine rings is 1. The second-order valence-corrected chi connectivity index (χ2v) is 8.82. The SMILES string of the molecule is CNC(=O)c1c(C)oc2cc(Oc3ccnn4cc(C(=O)N5CCC(O)C(F)(F)C5)c(C)c34)ccc12. The van der Waals surface area contributed by atoms with Crippen LogP contribution in [0.1, 0.15) is 38.5 Å². The van der Waals surface area contributed by atoms with Gasteiger partial charge in [-0.1, -0.05) is 0 Å². The van der Waals surface area contributed by atoms with E-state index >= 15 is 0 Å². The molecule has 2 N–H and O–H groups in total. The van der Waals surface area contributed by atoms with E-state index in [-0.39, 0.29) is 24.4 Å². The van der Waals surface area contributed by atoms with Gasteiger partial charge in [-0.05, 0) is 38.0 Å². The van der Waals surface area contributed by atoms with Gasteiger partial charge in [-0.25, -0.2) is 13.3 Å². The zero-order chi connectivity index (χ0) is 25.8. The monoisotopic (exact) mass is 498 g/mol. The van der Waals surface area contributed by atoms with Crippen LogP contribution in [0.15, 0.2) is 41.1 Å². The summed E-state index contributed by atoms with van der Waals surface area (Å²) in [6.45, 7) is 2.58. The molecular weight excluding hydrogens is 474 g/mol. The Bertz CT molecular complexity index is 1510. The molecule has 1 atom stereocenters. The second-order valence-electron chi connectivity index (χ2n) is 8.82. The Morgan fingerprint density at radius 3 is 2.78 bits per heavy atom. The third-order valence-electron chi connectivity index (χ3n) is 6.49. The van der Waals surface area contributed by atoms with Crippen LogP contribution >= 0.6 is 0 Å². The van der Waals surface area contributed by atoms with E-state index in [4.69, 9.17) is 9.15 Å². The number of carbonyl (C=O) groups is 2. The van der Waals surface area contributed by atoms with Crippen LogP contribution in [-0.2, 0) is 0 Å². The van der Waals surface area contributed by atoms with E-state index in [1.807, 2.05) is 0 Å². The van der Waals surface area contributed by atoms with E-state index in [9.17, 15) is 23.5 Å². The van der Waals surface area contributed by atoms with Crippen LogP contribution in [0.5, 0.6) is 11.5 Å². The zero-order valence-corrected chi connectivity index (χ0v) is 19.8. The molecule has 3 aromatic heterocycles. The number of furan rings is 1. The molecule has 1 saturated heterocycles. The molecule has 1 aliphatic heterocycles. The van der Waals surface area contributed by atoms with Gasteiger partial charge in [0.05, 0.1) is 23.9 Å². The molecule has 0 spiro atoms. The molecule has 4 aromatic rings. The van der Waals surface area contributed by atoms with Crippen LogP contribution in [0.25, 0.3) is 16.5 Å². The predicted octanol–water partition coefficient (Wildman–Crippen LogP) is 3.69. The number of hydrogen-bond donors (Lipinski definition) is 2. The molecule has 0 radical (unpaired) electrons. The van der Waals surface area contributed by atoms with Crippen molar-refractivity contribution in [3.8, 4) is 11.5 Å². The lowest BCUT2D eigenvalue weighted by atomic mass is 10.0. The molecule has 9 nitrogen and oxygen atoms in total. The summed E-state index contributed by atoms with van der Waals surface area (Å²) < 4.78 is 41.4. The predicted molar refractivity (Wildman–Crippen MR) is 126 cm³/mol. The number of aromatic nitrogens is 2. The van der Waals surface area contributed by atoms with Crippen LogP contribution in [0.4, 0.5) is 8.78 Å². The standard InChI is InChI=1S/C25H24F2N4O5/c1-13-17(24(34)30-9-7-20(32)25(26,27)12-30)11-31-22(13)18(6-8-29-31)36-15-4-5-16-19(10-15)35-14(2)21(16)23(33)28-3/h4-6,8,10-11,20,32H,7,9,12H2,1-3H3,(H,28,33). The molecule has 188 valence electrons. The Hall–Kier alpha value is -3.99. The highest BCUT2D eigenvalue weighted by atomic mass is 19.3. The first-order valence-electron chi connectivity index (χ1n) is 11.4. The lowest BCUT2D eigenvalue weighted by Crippen LogP contribution is -2.53. The average molecular weight is 498 g/mol. The molecule has 1 aromatic carbocycles. The van der Waals surface area contributed by atoms with Crippen molar-refractivity contribution in [3.63, 3.8) is 0 Å². The number of carbonyl (C=O) groups excluding carboxylic acids is 2. The molecule has 0 saturated carbocycles. The van der Waals surface area contributed by atoms with Crippen molar-refractivity contribution in [2.24, 2.45) is 0 Å². The van der Waals surface area contributed by atoms with E-state index in [1.165, 1.54) is 16.9 Å². The number of nitrogens with zero attached hydrogens (tertiary/aromatic N) is 3. The molecule has 2 amide bonds. The summed E-state index contributed by atoms with van der Waals surface area (Å²) in [5.74, 6) is -2.87. The molecule has 0 bridgehead atoms. The average Bonchev–Trinajstić information content (AvgIpc) is 3.36. The quantitative estimate of drug-likeness (QED) is 0.444. The van der Waals surface area contributed by atoms with E-state index in [0.717, 1.165) is 4.90 Å². The van der Waals surface area contributed by atoms with Crippen molar-refractivity contribution in [2.75, 3.05) is 20.1 Å². The van der Waals surface area contributed by atoms with Crippen molar-refractivity contribution in [3.05, 3.63) is 59.1 Å². The first-order chi connectivity index (χ1) is 17.1. The van der Waals surface area contributed by atoms with Crippen LogP contribution in [-0.4, -0.2) is 63.6 Å². The number of aliphatic hydroxyl groups excluding tert-OH is 1. The number of aryl methyl sites for hydroxylation is 2. The zero-order valence-electron chi connectivity index (χ0n) is 19.8. The number of nitrogens with one attached hydrogen (secondary N) is 1. The van der Waals surface area contributed by atoms with Gasteiger partial charge in [-0.2, -0.15) is 5.10 Å². The maximum atomic E-state index is 14.0. The number of hydrogen-bond acceptors (Lipinski definition) is 6. The van der Waals surface area contributed by atoms with Crippen LogP contribution < -0.4 is 10.1 Å². The summed E-state index contributed by atoms with van der Waals surface area (Å²) in [4.78, 5) is 26.3. The van der Waals surface area contributed by atoms with Crippen molar-refractivity contribution in [2.45, 2.75) is 32.3 Å². The number of amides is 2. The van der Waals surface area contributed by atoms with Gasteiger partial charge in [0, 0.05) is 37.3 Å². The first-order valence-corrected chi connectivity index (χ1v) is 11.4. The number of benzene rings is 1. The minimum atomic E-state index is -3.37. The topological polar surface area (TPSA) is 109 Å². The van der Waals surface area contributed by atoms with Gasteiger partial charge in [0.25, 0.3) is 17.7 Å². The molecule has 5 rings (SSSR count). The van der Waals surface area contributed by atoms with Crippen molar-refractivity contribution >= 4 is 28.3 Å². The van der Waals surface area contributed by atoms with Gasteiger partial charge < -0.3 is 24.5 Å². The lowest BCUT2D eigenvalue weighted by Gasteiger charge is -2.35. The maximum absolute atomic E-state index is 14.0. The summed E-state index contributed by atoms with van der Waals surface area (Å²) in [5.41, 5.74) is 2.18. The minimum absolute atomic E-state index is 0.0264. The van der Waals surface area contributed by atoms with Gasteiger partial charge in [0.2, 0.25) is 0 Å². The van der Waals surface area contributed by atoms with E-state index in [1.54, 1.807) is 45.2 Å². The fourth-order valence-corrected chi connectivity index (χ4v) is 4.59.